The summed E-state index contributed by atoms with van der Waals surface area (Å²) >= 11 is 0. The topological polar surface area (TPSA) is 38.0 Å². The Bertz CT molecular complexity index is 442. The molecule has 0 amide bonds. The quantitative estimate of drug-likeness (QED) is 0.762. The number of hydrogen-bond donors (Lipinski definition) is 2. The summed E-state index contributed by atoms with van der Waals surface area (Å²) in [4.78, 5) is 0. The minimum atomic E-state index is 0.656. The fourth-order valence-corrected chi connectivity index (χ4v) is 3.33. The highest BCUT2D eigenvalue weighted by Gasteiger charge is 2.56. The molecule has 0 spiro atoms. The third-order valence-electron chi connectivity index (χ3n) is 4.57. The monoisotopic (exact) mass is 228 g/mol. The first-order valence-corrected chi connectivity index (χ1v) is 6.46. The van der Waals surface area contributed by atoms with Crippen molar-refractivity contribution < 1.29 is 0 Å². The van der Waals surface area contributed by atoms with Crippen molar-refractivity contribution in [1.29, 1.82) is 0 Å². The van der Waals surface area contributed by atoms with Crippen molar-refractivity contribution in [3.63, 3.8) is 0 Å². The molecule has 2 fully saturated rings. The van der Waals surface area contributed by atoms with Crippen molar-refractivity contribution in [3.8, 4) is 0 Å². The zero-order valence-electron chi connectivity index (χ0n) is 10.3. The number of hydrogen-bond acceptors (Lipinski definition) is 2. The molecule has 0 radical (unpaired) electrons. The Morgan fingerprint density at radius 3 is 2.76 bits per heavy atom. The Hall–Kier alpha value is -1.44. The molecular formula is C15H20N2. The smallest absolute Gasteiger partial charge is 0.0342 e. The number of nitrogens with one attached hydrogen (secondary N) is 1. The van der Waals surface area contributed by atoms with Gasteiger partial charge in [-0.15, -0.1) is 0 Å². The molecule has 2 saturated carbocycles. The third kappa shape index (κ3) is 1.82. The van der Waals surface area contributed by atoms with E-state index in [0.717, 1.165) is 11.6 Å². The first kappa shape index (κ1) is 10.7. The number of fused-ring (bicyclic) bond motifs is 1. The lowest BCUT2D eigenvalue weighted by atomic mass is 9.46. The van der Waals surface area contributed by atoms with Gasteiger partial charge in [0.1, 0.15) is 0 Å². The predicted molar refractivity (Wildman–Crippen MR) is 71.0 cm³/mol. The van der Waals surface area contributed by atoms with Crippen LogP contribution in [0.3, 0.4) is 0 Å². The SMILES string of the molecule is CC12CCC1C(NC1=C/C=C\C(N)=C/C=C1)C2. The Balaban J connectivity index is 1.63. The largest absolute Gasteiger partial charge is 0.399 e. The minimum absolute atomic E-state index is 0.656. The van der Waals surface area contributed by atoms with Crippen LogP contribution in [-0.4, -0.2) is 6.04 Å². The van der Waals surface area contributed by atoms with E-state index in [1.807, 2.05) is 24.3 Å². The normalized spacial score (nSPS) is 43.8. The van der Waals surface area contributed by atoms with Crippen molar-refractivity contribution in [2.45, 2.75) is 32.2 Å². The molecule has 3 unspecified atom stereocenters. The summed E-state index contributed by atoms with van der Waals surface area (Å²) < 4.78 is 0. The van der Waals surface area contributed by atoms with Crippen LogP contribution >= 0.6 is 0 Å². The van der Waals surface area contributed by atoms with Crippen LogP contribution in [0.25, 0.3) is 0 Å². The average Bonchev–Trinajstić information content (AvgIpc) is 2.24. The van der Waals surface area contributed by atoms with Gasteiger partial charge in [0.15, 0.2) is 0 Å². The van der Waals surface area contributed by atoms with Gasteiger partial charge in [-0.25, -0.2) is 0 Å². The van der Waals surface area contributed by atoms with E-state index in [0.29, 0.717) is 11.5 Å². The van der Waals surface area contributed by atoms with Crippen LogP contribution in [0.1, 0.15) is 26.2 Å². The number of nitrogens with two attached hydrogens (primary N) is 1. The van der Waals surface area contributed by atoms with Gasteiger partial charge in [0.05, 0.1) is 0 Å². The molecule has 17 heavy (non-hydrogen) atoms. The summed E-state index contributed by atoms with van der Waals surface area (Å²) in [6.45, 7) is 2.42. The molecule has 0 heterocycles. The van der Waals surface area contributed by atoms with Gasteiger partial charge in [0.2, 0.25) is 0 Å². The fourth-order valence-electron chi connectivity index (χ4n) is 3.33. The van der Waals surface area contributed by atoms with E-state index >= 15 is 0 Å². The van der Waals surface area contributed by atoms with E-state index in [1.165, 1.54) is 25.0 Å². The second kappa shape index (κ2) is 3.80. The van der Waals surface area contributed by atoms with E-state index in [-0.39, 0.29) is 0 Å². The summed E-state index contributed by atoms with van der Waals surface area (Å²) in [6, 6.07) is 0.679. The van der Waals surface area contributed by atoms with Crippen molar-refractivity contribution in [3.05, 3.63) is 47.9 Å². The second-order valence-electron chi connectivity index (χ2n) is 5.76. The van der Waals surface area contributed by atoms with Crippen LogP contribution in [-0.2, 0) is 0 Å². The van der Waals surface area contributed by atoms with Gasteiger partial charge in [-0.1, -0.05) is 19.1 Å². The van der Waals surface area contributed by atoms with Crippen LogP contribution in [0.4, 0.5) is 0 Å². The number of allylic oxidation sites excluding steroid dienone is 6. The van der Waals surface area contributed by atoms with E-state index in [2.05, 4.69) is 24.4 Å². The fraction of sp³-hybridized carbons (Fsp3) is 0.467. The molecule has 0 aliphatic heterocycles. The molecule has 3 N–H and O–H groups in total. The zero-order chi connectivity index (χ0) is 11.9. The van der Waals surface area contributed by atoms with E-state index < -0.39 is 0 Å². The maximum absolute atomic E-state index is 5.73. The molecule has 2 nitrogen and oxygen atoms in total. The molecule has 3 aliphatic carbocycles. The zero-order valence-corrected chi connectivity index (χ0v) is 10.3. The van der Waals surface area contributed by atoms with Crippen molar-refractivity contribution in [1.82, 2.24) is 5.32 Å². The molecule has 3 aliphatic rings. The Morgan fingerprint density at radius 2 is 2.12 bits per heavy atom. The van der Waals surface area contributed by atoms with E-state index in [9.17, 15) is 0 Å². The molecule has 2 heteroatoms. The lowest BCUT2D eigenvalue weighted by Crippen LogP contribution is -2.61. The number of rotatable bonds is 2. The maximum Gasteiger partial charge on any atom is 0.0342 e. The highest BCUT2D eigenvalue weighted by molar-refractivity contribution is 5.34. The predicted octanol–water partition coefficient (Wildman–Crippen LogP) is 2.62. The van der Waals surface area contributed by atoms with Gasteiger partial charge >= 0.3 is 0 Å². The summed E-state index contributed by atoms with van der Waals surface area (Å²) in [6.07, 6.45) is 16.2. The van der Waals surface area contributed by atoms with Crippen LogP contribution in [0.5, 0.6) is 0 Å². The van der Waals surface area contributed by atoms with Gasteiger partial charge in [0, 0.05) is 17.4 Å². The van der Waals surface area contributed by atoms with Crippen LogP contribution < -0.4 is 11.1 Å². The molecule has 0 aromatic heterocycles. The Labute approximate surface area is 103 Å². The summed E-state index contributed by atoms with van der Waals surface area (Å²) in [5, 5.41) is 3.65. The Morgan fingerprint density at radius 1 is 1.29 bits per heavy atom. The van der Waals surface area contributed by atoms with E-state index in [1.54, 1.807) is 0 Å². The van der Waals surface area contributed by atoms with Gasteiger partial charge in [-0.05, 0) is 54.9 Å². The molecule has 0 bridgehead atoms. The second-order valence-corrected chi connectivity index (χ2v) is 5.76. The summed E-state index contributed by atoms with van der Waals surface area (Å²) in [5.41, 5.74) is 8.38. The molecule has 0 saturated heterocycles. The van der Waals surface area contributed by atoms with Crippen LogP contribution in [0.2, 0.25) is 0 Å². The average molecular weight is 228 g/mol. The van der Waals surface area contributed by atoms with Gasteiger partial charge in [0.25, 0.3) is 0 Å². The van der Waals surface area contributed by atoms with Crippen LogP contribution in [0, 0.1) is 11.3 Å². The highest BCUT2D eigenvalue weighted by Crippen LogP contribution is 2.60. The molecule has 3 rings (SSSR count). The first-order valence-electron chi connectivity index (χ1n) is 6.46. The molecule has 0 aromatic carbocycles. The lowest BCUT2D eigenvalue weighted by molar-refractivity contribution is -0.0882. The minimum Gasteiger partial charge on any atom is -0.399 e. The molecule has 90 valence electrons. The standard InChI is InChI=1S/C15H20N2/c1-15-9-8-13(15)14(10-15)17-12-6-2-4-11(16)5-3-7-12/h2-7,13-14,17H,8-10,16H2,1H3/b4-2-,5-3?,6-2?,7-3?,11-4?,11-5+,12-6?,12-7?. The molecule has 0 aromatic rings. The highest BCUT2D eigenvalue weighted by atomic mass is 15.0. The van der Waals surface area contributed by atoms with Crippen molar-refractivity contribution in [2.24, 2.45) is 17.1 Å². The summed E-state index contributed by atoms with van der Waals surface area (Å²) in [7, 11) is 0. The van der Waals surface area contributed by atoms with Crippen LogP contribution in [0.15, 0.2) is 47.9 Å². The lowest BCUT2D eigenvalue weighted by Gasteiger charge is -2.62. The van der Waals surface area contributed by atoms with E-state index in [4.69, 9.17) is 5.73 Å². The van der Waals surface area contributed by atoms with Crippen molar-refractivity contribution >= 4 is 0 Å². The molecule has 3 atom stereocenters. The molecular weight excluding hydrogens is 208 g/mol. The van der Waals surface area contributed by atoms with Gasteiger partial charge < -0.3 is 11.1 Å². The Kier molecular flexibility index (Phi) is 2.39. The maximum atomic E-state index is 5.73. The third-order valence-corrected chi connectivity index (χ3v) is 4.57. The van der Waals surface area contributed by atoms with Crippen molar-refractivity contribution in [2.75, 3.05) is 0 Å². The summed E-state index contributed by atoms with van der Waals surface area (Å²) in [5.74, 6) is 0.895. The van der Waals surface area contributed by atoms with Gasteiger partial charge in [-0.3, -0.25) is 0 Å². The first-order chi connectivity index (χ1) is 8.17. The van der Waals surface area contributed by atoms with Gasteiger partial charge in [-0.2, -0.15) is 0 Å².